The first kappa shape index (κ1) is 33.3. The molecular formula is C17H15F6I3N2O7S. The van der Waals surface area contributed by atoms with Crippen molar-refractivity contribution < 1.29 is 58.4 Å². The molecule has 9 nitrogen and oxygen atoms in total. The van der Waals surface area contributed by atoms with Gasteiger partial charge >= 0.3 is 23.9 Å². The fourth-order valence-corrected chi connectivity index (χ4v) is 8.61. The molecule has 0 saturated heterocycles. The summed E-state index contributed by atoms with van der Waals surface area (Å²) in [5.41, 5.74) is -6.83. The van der Waals surface area contributed by atoms with Gasteiger partial charge in [0.1, 0.15) is 5.75 Å². The summed E-state index contributed by atoms with van der Waals surface area (Å²) in [5, 5.41) is 0. The molecule has 0 unspecified atom stereocenters. The van der Waals surface area contributed by atoms with Gasteiger partial charge in [-0.15, -0.1) is 0 Å². The van der Waals surface area contributed by atoms with Crippen molar-refractivity contribution in [2.75, 3.05) is 29.6 Å². The molecule has 0 aliphatic rings. The summed E-state index contributed by atoms with van der Waals surface area (Å²) < 4.78 is 117. The Morgan fingerprint density at radius 2 is 1.17 bits per heavy atom. The van der Waals surface area contributed by atoms with Crippen LogP contribution in [0.3, 0.4) is 0 Å². The zero-order valence-corrected chi connectivity index (χ0v) is 25.6. The highest BCUT2D eigenvalue weighted by atomic mass is 127. The van der Waals surface area contributed by atoms with Crippen LogP contribution >= 0.6 is 67.8 Å². The highest BCUT2D eigenvalue weighted by Gasteiger charge is 2.76. The number of benzene rings is 1. The van der Waals surface area contributed by atoms with Gasteiger partial charge in [-0.2, -0.15) is 34.8 Å². The normalized spacial score (nSPS) is 12.8. The SMILES string of the molecule is CC(=O)N(C)c1c(I)c(C(=O)OC(CS(=O)(=O)O)(C(F)(F)F)C(F)(F)F)c(I)c(N(C)C(C)=O)c1I. The van der Waals surface area contributed by atoms with Gasteiger partial charge < -0.3 is 14.5 Å². The first-order chi connectivity index (χ1) is 15.9. The van der Waals surface area contributed by atoms with E-state index in [1.54, 1.807) is 22.6 Å². The lowest BCUT2D eigenvalue weighted by Crippen LogP contribution is -2.63. The maximum atomic E-state index is 13.7. The van der Waals surface area contributed by atoms with Gasteiger partial charge in [-0.05, 0) is 67.8 Å². The van der Waals surface area contributed by atoms with Crippen LogP contribution in [0.1, 0.15) is 24.2 Å². The first-order valence-corrected chi connectivity index (χ1v) is 13.8. The monoisotopic (exact) mass is 886 g/mol. The van der Waals surface area contributed by atoms with Crippen LogP contribution in [0, 0.1) is 10.7 Å². The molecule has 36 heavy (non-hydrogen) atoms. The number of halogens is 9. The lowest BCUT2D eigenvalue weighted by atomic mass is 10.0. The summed E-state index contributed by atoms with van der Waals surface area (Å²) >= 11 is 4.47. The van der Waals surface area contributed by atoms with Crippen LogP contribution in [0.2, 0.25) is 0 Å². The number of rotatable bonds is 6. The number of alkyl halides is 6. The van der Waals surface area contributed by atoms with E-state index in [4.69, 9.17) is 4.55 Å². The minimum Gasteiger partial charge on any atom is -0.435 e. The van der Waals surface area contributed by atoms with Crippen molar-refractivity contribution in [1.29, 1.82) is 0 Å². The molecule has 1 N–H and O–H groups in total. The van der Waals surface area contributed by atoms with E-state index in [1.807, 2.05) is 0 Å². The van der Waals surface area contributed by atoms with Crippen LogP contribution < -0.4 is 9.80 Å². The molecule has 0 aliphatic carbocycles. The van der Waals surface area contributed by atoms with Crippen LogP contribution in [0.4, 0.5) is 37.7 Å². The summed E-state index contributed by atoms with van der Waals surface area (Å²) in [7, 11) is -3.59. The Morgan fingerprint density at radius 3 is 1.42 bits per heavy atom. The maximum absolute atomic E-state index is 13.7. The van der Waals surface area contributed by atoms with Crippen molar-refractivity contribution in [2.45, 2.75) is 31.8 Å². The summed E-state index contributed by atoms with van der Waals surface area (Å²) in [6, 6.07) is 0. The second-order valence-electron chi connectivity index (χ2n) is 7.11. The molecule has 204 valence electrons. The number of amides is 2. The molecule has 0 saturated carbocycles. The second kappa shape index (κ2) is 11.2. The van der Waals surface area contributed by atoms with Gasteiger partial charge in [-0.3, -0.25) is 14.1 Å². The Kier molecular flexibility index (Phi) is 10.4. The number of nitrogens with zero attached hydrogens (tertiary/aromatic N) is 2. The molecule has 0 bridgehead atoms. The van der Waals surface area contributed by atoms with E-state index in [2.05, 4.69) is 4.74 Å². The topological polar surface area (TPSA) is 121 Å². The van der Waals surface area contributed by atoms with Gasteiger partial charge in [0.15, 0.2) is 0 Å². The Balaban J connectivity index is 4.12. The summed E-state index contributed by atoms with van der Waals surface area (Å²) in [5.74, 6) is -6.62. The zero-order chi connectivity index (χ0) is 28.8. The lowest BCUT2D eigenvalue weighted by Gasteiger charge is -2.36. The van der Waals surface area contributed by atoms with E-state index >= 15 is 0 Å². The molecule has 2 amide bonds. The van der Waals surface area contributed by atoms with Gasteiger partial charge in [0, 0.05) is 27.9 Å². The van der Waals surface area contributed by atoms with Gasteiger partial charge in [-0.25, -0.2) is 4.79 Å². The second-order valence-corrected chi connectivity index (χ2v) is 11.8. The van der Waals surface area contributed by atoms with E-state index in [1.165, 1.54) is 59.3 Å². The number of ether oxygens (including phenoxy) is 1. The van der Waals surface area contributed by atoms with Crippen LogP contribution in [0.25, 0.3) is 0 Å². The maximum Gasteiger partial charge on any atom is 0.438 e. The van der Waals surface area contributed by atoms with Crippen molar-refractivity contribution in [3.63, 3.8) is 0 Å². The minimum absolute atomic E-state index is 0.140. The largest absolute Gasteiger partial charge is 0.438 e. The molecular weight excluding hydrogens is 871 g/mol. The quantitative estimate of drug-likeness (QED) is 0.195. The van der Waals surface area contributed by atoms with Crippen molar-refractivity contribution in [1.82, 2.24) is 0 Å². The Bertz CT molecular complexity index is 1140. The molecule has 19 heteroatoms. The standard InChI is InChI=1S/C17H15F6I3N2O7S/c1-6(29)27(3)12-9(24)8(10(25)13(11(12)26)28(4)7(2)30)14(31)35-15(16(18,19)20,17(21,22)23)5-36(32,33)34/h5H2,1-4H3,(H,32,33,34). The Labute approximate surface area is 241 Å². The van der Waals surface area contributed by atoms with Gasteiger partial charge in [-0.1, -0.05) is 0 Å². The molecule has 0 radical (unpaired) electrons. The Morgan fingerprint density at radius 1 is 0.833 bits per heavy atom. The third-order valence-corrected chi connectivity index (χ3v) is 8.55. The molecule has 0 spiro atoms. The van der Waals surface area contributed by atoms with E-state index < -0.39 is 57.2 Å². The fourth-order valence-electron chi connectivity index (χ4n) is 2.66. The average molecular weight is 886 g/mol. The van der Waals surface area contributed by atoms with Crippen molar-refractivity contribution in [3.05, 3.63) is 16.3 Å². The molecule has 0 fully saturated rings. The number of hydrogen-bond donors (Lipinski definition) is 1. The van der Waals surface area contributed by atoms with Crippen LogP contribution in [0.5, 0.6) is 0 Å². The van der Waals surface area contributed by atoms with E-state index in [-0.39, 0.29) is 22.1 Å². The van der Waals surface area contributed by atoms with Gasteiger partial charge in [0.25, 0.3) is 10.1 Å². The van der Waals surface area contributed by atoms with Crippen LogP contribution in [0.15, 0.2) is 0 Å². The van der Waals surface area contributed by atoms with Crippen LogP contribution in [-0.4, -0.2) is 68.6 Å². The lowest BCUT2D eigenvalue weighted by molar-refractivity contribution is -0.356. The minimum atomic E-state index is -6.53. The smallest absolute Gasteiger partial charge is 0.435 e. The average Bonchev–Trinajstić information content (AvgIpc) is 2.63. The van der Waals surface area contributed by atoms with Gasteiger partial charge in [0.05, 0.1) is 27.6 Å². The van der Waals surface area contributed by atoms with E-state index in [0.717, 1.165) is 23.6 Å². The molecule has 0 heterocycles. The summed E-state index contributed by atoms with van der Waals surface area (Å²) in [4.78, 5) is 38.9. The van der Waals surface area contributed by atoms with Gasteiger partial charge in [0.2, 0.25) is 11.8 Å². The molecule has 0 atom stereocenters. The number of anilines is 2. The van der Waals surface area contributed by atoms with E-state index in [9.17, 15) is 49.1 Å². The number of carbonyl (C=O) groups is 3. The number of hydrogen-bond acceptors (Lipinski definition) is 6. The van der Waals surface area contributed by atoms with Crippen molar-refractivity contribution >= 4 is 107 Å². The third kappa shape index (κ3) is 6.65. The van der Waals surface area contributed by atoms with Crippen molar-refractivity contribution in [2.24, 2.45) is 0 Å². The fraction of sp³-hybridized carbons (Fsp3) is 0.471. The molecule has 1 aromatic rings. The Hall–Kier alpha value is -0.690. The van der Waals surface area contributed by atoms with Crippen LogP contribution in [-0.2, 0) is 24.4 Å². The summed E-state index contributed by atoms with van der Waals surface area (Å²) in [6.45, 7) is 2.17. The molecule has 0 aliphatic heterocycles. The van der Waals surface area contributed by atoms with E-state index in [0.29, 0.717) is 0 Å². The third-order valence-electron chi connectivity index (χ3n) is 4.66. The zero-order valence-electron chi connectivity index (χ0n) is 18.3. The molecule has 0 aromatic heterocycles. The summed E-state index contributed by atoms with van der Waals surface area (Å²) in [6.07, 6.45) is -13.1. The number of carbonyl (C=O) groups excluding carboxylic acids is 3. The highest BCUT2D eigenvalue weighted by molar-refractivity contribution is 14.1. The van der Waals surface area contributed by atoms with Crippen molar-refractivity contribution in [3.8, 4) is 0 Å². The first-order valence-electron chi connectivity index (χ1n) is 8.92. The molecule has 1 aromatic carbocycles. The highest BCUT2D eigenvalue weighted by Crippen LogP contribution is 2.48. The predicted octanol–water partition coefficient (Wildman–Crippen LogP) is 4.37. The number of esters is 1. The molecule has 1 rings (SSSR count). The predicted molar refractivity (Wildman–Crippen MR) is 139 cm³/mol.